The summed E-state index contributed by atoms with van der Waals surface area (Å²) >= 11 is 0. The average Bonchev–Trinajstić information content (AvgIpc) is 2.78. The van der Waals surface area contributed by atoms with Crippen LogP contribution in [-0.2, 0) is 6.54 Å². The molecule has 0 radical (unpaired) electrons. The Labute approximate surface area is 110 Å². The summed E-state index contributed by atoms with van der Waals surface area (Å²) in [5.41, 5.74) is 0.219. The summed E-state index contributed by atoms with van der Waals surface area (Å²) in [5.74, 6) is 1.05. The number of hydrogen-bond acceptors (Lipinski definition) is 4. The fraction of sp³-hybridized carbons (Fsp3) is 0.714. The zero-order valence-electron chi connectivity index (χ0n) is 11.9. The van der Waals surface area contributed by atoms with Gasteiger partial charge in [0, 0.05) is 31.2 Å². The van der Waals surface area contributed by atoms with E-state index in [1.54, 1.807) is 6.26 Å². The van der Waals surface area contributed by atoms with Crippen molar-refractivity contribution in [3.63, 3.8) is 0 Å². The van der Waals surface area contributed by atoms with Gasteiger partial charge in [-0.1, -0.05) is 0 Å². The first kappa shape index (κ1) is 13.6. The Morgan fingerprint density at radius 1 is 1.50 bits per heavy atom. The molecule has 1 atom stereocenters. The first-order valence-electron chi connectivity index (χ1n) is 6.65. The van der Waals surface area contributed by atoms with Gasteiger partial charge in [-0.3, -0.25) is 9.80 Å². The van der Waals surface area contributed by atoms with Gasteiger partial charge in [0.2, 0.25) is 0 Å². The van der Waals surface area contributed by atoms with Crippen molar-refractivity contribution in [2.75, 3.05) is 33.7 Å². The Morgan fingerprint density at radius 2 is 2.28 bits per heavy atom. The number of piperazine rings is 1. The molecule has 2 heterocycles. The van der Waals surface area contributed by atoms with Gasteiger partial charge in [0.1, 0.15) is 5.76 Å². The lowest BCUT2D eigenvalue weighted by atomic mass is 9.96. The van der Waals surface area contributed by atoms with Crippen LogP contribution in [0.15, 0.2) is 22.8 Å². The van der Waals surface area contributed by atoms with Crippen LogP contribution in [0.3, 0.4) is 0 Å². The number of hydrogen-bond donors (Lipinski definition) is 1. The van der Waals surface area contributed by atoms with Crippen molar-refractivity contribution in [3.8, 4) is 0 Å². The second kappa shape index (κ2) is 5.43. The number of nitrogens with one attached hydrogen (secondary N) is 1. The molecular weight excluding hydrogens is 226 g/mol. The Morgan fingerprint density at radius 3 is 2.89 bits per heavy atom. The summed E-state index contributed by atoms with van der Waals surface area (Å²) < 4.78 is 5.48. The summed E-state index contributed by atoms with van der Waals surface area (Å²) in [7, 11) is 4.23. The average molecular weight is 251 g/mol. The SMILES string of the molecule is CNCC1CN(C)C(C)(C)CN1Cc1ccco1. The summed E-state index contributed by atoms with van der Waals surface area (Å²) in [4.78, 5) is 4.98. The molecule has 0 saturated carbocycles. The molecule has 1 unspecified atom stereocenters. The molecule has 102 valence electrons. The van der Waals surface area contributed by atoms with Crippen LogP contribution < -0.4 is 5.32 Å². The molecule has 4 heteroatoms. The lowest BCUT2D eigenvalue weighted by Gasteiger charge is -2.49. The van der Waals surface area contributed by atoms with Gasteiger partial charge < -0.3 is 9.73 Å². The molecule has 1 N–H and O–H groups in total. The van der Waals surface area contributed by atoms with Crippen molar-refractivity contribution in [1.29, 1.82) is 0 Å². The van der Waals surface area contributed by atoms with E-state index in [0.717, 1.165) is 31.9 Å². The predicted molar refractivity (Wildman–Crippen MR) is 73.5 cm³/mol. The molecule has 0 aromatic carbocycles. The van der Waals surface area contributed by atoms with Gasteiger partial charge in [0.05, 0.1) is 12.8 Å². The maximum atomic E-state index is 5.48. The summed E-state index contributed by atoms with van der Waals surface area (Å²) in [6.45, 7) is 8.68. The van der Waals surface area contributed by atoms with Crippen molar-refractivity contribution in [2.45, 2.75) is 32.0 Å². The van der Waals surface area contributed by atoms with E-state index in [4.69, 9.17) is 4.42 Å². The molecule has 0 spiro atoms. The first-order chi connectivity index (χ1) is 8.53. The van der Waals surface area contributed by atoms with Gasteiger partial charge in [0.25, 0.3) is 0 Å². The molecule has 1 saturated heterocycles. The molecule has 0 aliphatic carbocycles. The minimum atomic E-state index is 0.219. The highest BCUT2D eigenvalue weighted by atomic mass is 16.3. The molecule has 2 rings (SSSR count). The maximum absolute atomic E-state index is 5.48. The van der Waals surface area contributed by atoms with E-state index in [2.05, 4.69) is 42.1 Å². The van der Waals surface area contributed by atoms with Crippen molar-refractivity contribution in [2.24, 2.45) is 0 Å². The summed E-state index contributed by atoms with van der Waals surface area (Å²) in [6.07, 6.45) is 1.75. The van der Waals surface area contributed by atoms with E-state index >= 15 is 0 Å². The van der Waals surface area contributed by atoms with Crippen molar-refractivity contribution in [1.82, 2.24) is 15.1 Å². The lowest BCUT2D eigenvalue weighted by Crippen LogP contribution is -2.63. The van der Waals surface area contributed by atoms with Crippen molar-refractivity contribution in [3.05, 3.63) is 24.2 Å². The van der Waals surface area contributed by atoms with Crippen LogP contribution in [-0.4, -0.2) is 55.1 Å². The number of rotatable bonds is 4. The first-order valence-corrected chi connectivity index (χ1v) is 6.65. The van der Waals surface area contributed by atoms with Crippen LogP contribution in [0.25, 0.3) is 0 Å². The molecule has 1 aliphatic heterocycles. The monoisotopic (exact) mass is 251 g/mol. The van der Waals surface area contributed by atoms with Gasteiger partial charge in [-0.15, -0.1) is 0 Å². The van der Waals surface area contributed by atoms with E-state index in [-0.39, 0.29) is 5.54 Å². The van der Waals surface area contributed by atoms with Crippen LogP contribution in [0.2, 0.25) is 0 Å². The molecule has 0 bridgehead atoms. The van der Waals surface area contributed by atoms with E-state index in [1.807, 2.05) is 13.1 Å². The quantitative estimate of drug-likeness (QED) is 0.876. The molecule has 0 amide bonds. The molecule has 18 heavy (non-hydrogen) atoms. The third-order valence-corrected chi connectivity index (χ3v) is 4.00. The zero-order valence-corrected chi connectivity index (χ0v) is 11.9. The second-order valence-electron chi connectivity index (χ2n) is 5.89. The number of furan rings is 1. The normalized spacial score (nSPS) is 25.4. The molecule has 4 nitrogen and oxygen atoms in total. The van der Waals surface area contributed by atoms with Crippen molar-refractivity contribution >= 4 is 0 Å². The van der Waals surface area contributed by atoms with Gasteiger partial charge >= 0.3 is 0 Å². The van der Waals surface area contributed by atoms with Crippen LogP contribution >= 0.6 is 0 Å². The van der Waals surface area contributed by atoms with Crippen molar-refractivity contribution < 1.29 is 4.42 Å². The van der Waals surface area contributed by atoms with Crippen LogP contribution in [0.5, 0.6) is 0 Å². The Hall–Kier alpha value is -0.840. The maximum Gasteiger partial charge on any atom is 0.117 e. The van der Waals surface area contributed by atoms with Crippen LogP contribution in [0, 0.1) is 0 Å². The van der Waals surface area contributed by atoms with Gasteiger partial charge in [-0.05, 0) is 40.1 Å². The number of nitrogens with zero attached hydrogens (tertiary/aromatic N) is 2. The highest BCUT2D eigenvalue weighted by molar-refractivity contribution is 5.01. The van der Waals surface area contributed by atoms with E-state index < -0.39 is 0 Å². The Kier molecular flexibility index (Phi) is 4.10. The Bertz CT molecular complexity index is 361. The zero-order chi connectivity index (χ0) is 13.2. The lowest BCUT2D eigenvalue weighted by molar-refractivity contribution is -0.00776. The molecular formula is C14H25N3O. The Balaban J connectivity index is 2.08. The predicted octanol–water partition coefficient (Wildman–Crippen LogP) is 1.39. The van der Waals surface area contributed by atoms with Gasteiger partial charge in [-0.25, -0.2) is 0 Å². The largest absolute Gasteiger partial charge is 0.468 e. The minimum absolute atomic E-state index is 0.219. The fourth-order valence-corrected chi connectivity index (χ4v) is 2.64. The van der Waals surface area contributed by atoms with E-state index in [1.165, 1.54) is 0 Å². The molecule has 1 aromatic rings. The van der Waals surface area contributed by atoms with E-state index in [0.29, 0.717) is 6.04 Å². The van der Waals surface area contributed by atoms with E-state index in [9.17, 15) is 0 Å². The third-order valence-electron chi connectivity index (χ3n) is 4.00. The minimum Gasteiger partial charge on any atom is -0.468 e. The molecule has 1 aliphatic rings. The van der Waals surface area contributed by atoms with Gasteiger partial charge in [0.15, 0.2) is 0 Å². The summed E-state index contributed by atoms with van der Waals surface area (Å²) in [5, 5.41) is 3.30. The summed E-state index contributed by atoms with van der Waals surface area (Å²) in [6, 6.07) is 4.56. The standard InChI is InChI=1S/C14H25N3O/c1-14(2)11-17(10-13-6-5-7-18-13)12(8-15-3)9-16(14)4/h5-7,12,15H,8-11H2,1-4H3. The second-order valence-corrected chi connectivity index (χ2v) is 5.89. The topological polar surface area (TPSA) is 31.6 Å². The number of likely N-dealkylation sites (N-methyl/N-ethyl adjacent to an activating group) is 2. The van der Waals surface area contributed by atoms with Gasteiger partial charge in [-0.2, -0.15) is 0 Å². The smallest absolute Gasteiger partial charge is 0.117 e. The third kappa shape index (κ3) is 2.94. The highest BCUT2D eigenvalue weighted by Crippen LogP contribution is 2.24. The molecule has 1 fully saturated rings. The van der Waals surface area contributed by atoms with Crippen LogP contribution in [0.1, 0.15) is 19.6 Å². The fourth-order valence-electron chi connectivity index (χ4n) is 2.64. The van der Waals surface area contributed by atoms with Crippen LogP contribution in [0.4, 0.5) is 0 Å². The molecule has 1 aromatic heterocycles. The highest BCUT2D eigenvalue weighted by Gasteiger charge is 2.36.